The van der Waals surface area contributed by atoms with Gasteiger partial charge in [-0.1, -0.05) is 6.07 Å². The molecular formula is C14H17F5N2. The van der Waals surface area contributed by atoms with Crippen molar-refractivity contribution in [3.05, 3.63) is 35.1 Å². The molecule has 0 saturated carbocycles. The summed E-state index contributed by atoms with van der Waals surface area (Å²) in [6.07, 6.45) is -4.51. The molecular weight excluding hydrogens is 291 g/mol. The summed E-state index contributed by atoms with van der Waals surface area (Å²) in [7, 11) is 0. The zero-order chi connectivity index (χ0) is 15.5. The molecule has 118 valence electrons. The monoisotopic (exact) mass is 308 g/mol. The van der Waals surface area contributed by atoms with Crippen LogP contribution in [-0.4, -0.2) is 37.8 Å². The molecule has 1 atom stereocenters. The van der Waals surface area contributed by atoms with Gasteiger partial charge in [0.2, 0.25) is 0 Å². The highest BCUT2D eigenvalue weighted by atomic mass is 19.4. The number of hydrogen-bond donors (Lipinski definition) is 1. The third-order valence-corrected chi connectivity index (χ3v) is 3.66. The van der Waals surface area contributed by atoms with Crippen LogP contribution in [-0.2, 0) is 6.18 Å². The van der Waals surface area contributed by atoms with Crippen molar-refractivity contribution in [2.75, 3.05) is 32.9 Å². The van der Waals surface area contributed by atoms with Crippen LogP contribution in [0.2, 0.25) is 0 Å². The van der Waals surface area contributed by atoms with E-state index in [2.05, 4.69) is 5.32 Å². The summed E-state index contributed by atoms with van der Waals surface area (Å²) in [4.78, 5) is 1.90. The van der Waals surface area contributed by atoms with E-state index in [9.17, 15) is 22.0 Å². The van der Waals surface area contributed by atoms with Gasteiger partial charge in [0.15, 0.2) is 0 Å². The van der Waals surface area contributed by atoms with Crippen LogP contribution in [0.5, 0.6) is 0 Å². The van der Waals surface area contributed by atoms with E-state index in [1.807, 2.05) is 4.90 Å². The SMILES string of the molecule is FCC[C@@H](c1ccc(C(F)(F)F)cc1F)N1CCNCC1. The van der Waals surface area contributed by atoms with Crippen molar-refractivity contribution in [2.45, 2.75) is 18.6 Å². The molecule has 1 aliphatic rings. The van der Waals surface area contributed by atoms with Crippen LogP contribution in [0.15, 0.2) is 18.2 Å². The largest absolute Gasteiger partial charge is 0.416 e. The van der Waals surface area contributed by atoms with E-state index in [-0.39, 0.29) is 12.0 Å². The maximum Gasteiger partial charge on any atom is 0.416 e. The number of nitrogens with zero attached hydrogens (tertiary/aromatic N) is 1. The average Bonchev–Trinajstić information content (AvgIpc) is 2.45. The Morgan fingerprint density at radius 2 is 1.86 bits per heavy atom. The molecule has 0 amide bonds. The second-order valence-electron chi connectivity index (χ2n) is 5.01. The Balaban J connectivity index is 2.27. The van der Waals surface area contributed by atoms with Gasteiger partial charge in [-0.05, 0) is 18.6 Å². The van der Waals surface area contributed by atoms with E-state index in [4.69, 9.17) is 0 Å². The molecule has 0 bridgehead atoms. The van der Waals surface area contributed by atoms with Crippen LogP contribution in [0, 0.1) is 5.82 Å². The molecule has 0 aromatic heterocycles. The van der Waals surface area contributed by atoms with Crippen LogP contribution in [0.25, 0.3) is 0 Å². The van der Waals surface area contributed by atoms with Crippen molar-refractivity contribution in [2.24, 2.45) is 0 Å². The highest BCUT2D eigenvalue weighted by Crippen LogP contribution is 2.33. The molecule has 1 N–H and O–H groups in total. The highest BCUT2D eigenvalue weighted by Gasteiger charge is 2.32. The maximum atomic E-state index is 14.0. The van der Waals surface area contributed by atoms with Crippen LogP contribution in [0.1, 0.15) is 23.6 Å². The minimum Gasteiger partial charge on any atom is -0.314 e. The lowest BCUT2D eigenvalue weighted by molar-refractivity contribution is -0.137. The van der Waals surface area contributed by atoms with Gasteiger partial charge in [0.05, 0.1) is 12.2 Å². The molecule has 21 heavy (non-hydrogen) atoms. The zero-order valence-corrected chi connectivity index (χ0v) is 11.4. The molecule has 0 aliphatic carbocycles. The summed E-state index contributed by atoms with van der Waals surface area (Å²) >= 11 is 0. The predicted molar refractivity (Wildman–Crippen MR) is 69.2 cm³/mol. The number of rotatable bonds is 4. The van der Waals surface area contributed by atoms with Crippen molar-refractivity contribution in [1.82, 2.24) is 10.2 Å². The first-order valence-electron chi connectivity index (χ1n) is 6.81. The van der Waals surface area contributed by atoms with Crippen LogP contribution in [0.3, 0.4) is 0 Å². The lowest BCUT2D eigenvalue weighted by atomic mass is 9.99. The van der Waals surface area contributed by atoms with Crippen molar-refractivity contribution in [3.8, 4) is 0 Å². The van der Waals surface area contributed by atoms with E-state index in [0.717, 1.165) is 12.1 Å². The first-order valence-corrected chi connectivity index (χ1v) is 6.81. The molecule has 1 fully saturated rings. The normalized spacial score (nSPS) is 18.7. The van der Waals surface area contributed by atoms with Crippen molar-refractivity contribution in [3.63, 3.8) is 0 Å². The molecule has 0 spiro atoms. The molecule has 1 aromatic rings. The average molecular weight is 308 g/mol. The molecule has 7 heteroatoms. The predicted octanol–water partition coefficient (Wildman–Crippen LogP) is 3.15. The smallest absolute Gasteiger partial charge is 0.314 e. The number of alkyl halides is 4. The van der Waals surface area contributed by atoms with Crippen molar-refractivity contribution in [1.29, 1.82) is 0 Å². The summed E-state index contributed by atoms with van der Waals surface area (Å²) < 4.78 is 64.5. The minimum absolute atomic E-state index is 0.0717. The Kier molecular flexibility index (Phi) is 5.16. The summed E-state index contributed by atoms with van der Waals surface area (Å²) in [6, 6.07) is 1.94. The number of nitrogens with one attached hydrogen (secondary N) is 1. The maximum absolute atomic E-state index is 14.0. The van der Waals surface area contributed by atoms with Gasteiger partial charge in [0, 0.05) is 37.8 Å². The zero-order valence-electron chi connectivity index (χ0n) is 11.4. The van der Waals surface area contributed by atoms with E-state index in [0.29, 0.717) is 32.2 Å². The van der Waals surface area contributed by atoms with Gasteiger partial charge in [0.1, 0.15) is 5.82 Å². The summed E-state index contributed by atoms with van der Waals surface area (Å²) in [5.41, 5.74) is -0.898. The number of hydrogen-bond acceptors (Lipinski definition) is 2. The third kappa shape index (κ3) is 3.91. The molecule has 0 radical (unpaired) electrons. The van der Waals surface area contributed by atoms with Gasteiger partial charge in [-0.25, -0.2) is 4.39 Å². The Morgan fingerprint density at radius 1 is 1.19 bits per heavy atom. The lowest BCUT2D eigenvalue weighted by Gasteiger charge is -2.35. The highest BCUT2D eigenvalue weighted by molar-refractivity contribution is 5.29. The van der Waals surface area contributed by atoms with Gasteiger partial charge >= 0.3 is 6.18 Å². The Labute approximate surface area is 119 Å². The number of halogens is 5. The minimum atomic E-state index is -4.58. The van der Waals surface area contributed by atoms with E-state index >= 15 is 0 Å². The van der Waals surface area contributed by atoms with Crippen LogP contribution in [0.4, 0.5) is 22.0 Å². The molecule has 2 rings (SSSR count). The van der Waals surface area contributed by atoms with Gasteiger partial charge in [-0.15, -0.1) is 0 Å². The summed E-state index contributed by atoms with van der Waals surface area (Å²) in [5, 5.41) is 3.13. The molecule has 1 aromatic carbocycles. The van der Waals surface area contributed by atoms with Crippen LogP contribution >= 0.6 is 0 Å². The van der Waals surface area contributed by atoms with E-state index < -0.39 is 30.3 Å². The quantitative estimate of drug-likeness (QED) is 0.860. The summed E-state index contributed by atoms with van der Waals surface area (Å²) in [5.74, 6) is -0.929. The first kappa shape index (κ1) is 16.2. The summed E-state index contributed by atoms with van der Waals surface area (Å²) in [6.45, 7) is 1.99. The molecule has 1 aliphatic heterocycles. The van der Waals surface area contributed by atoms with Crippen LogP contribution < -0.4 is 5.32 Å². The molecule has 0 unspecified atom stereocenters. The standard InChI is InChI=1S/C14H17F5N2/c15-4-3-13(21-7-5-20-6-8-21)11-2-1-10(9-12(11)16)14(17,18)19/h1-2,9,13,20H,3-8H2/t13-/m0/s1. The Morgan fingerprint density at radius 3 is 2.38 bits per heavy atom. The Bertz CT molecular complexity index is 469. The first-order chi connectivity index (χ1) is 9.93. The van der Waals surface area contributed by atoms with Gasteiger partial charge < -0.3 is 5.32 Å². The van der Waals surface area contributed by atoms with Crippen molar-refractivity contribution < 1.29 is 22.0 Å². The van der Waals surface area contributed by atoms with Crippen molar-refractivity contribution >= 4 is 0 Å². The molecule has 2 nitrogen and oxygen atoms in total. The number of piperazine rings is 1. The third-order valence-electron chi connectivity index (χ3n) is 3.66. The topological polar surface area (TPSA) is 15.3 Å². The Hall–Kier alpha value is -1.21. The second-order valence-corrected chi connectivity index (χ2v) is 5.01. The molecule has 1 heterocycles. The van der Waals surface area contributed by atoms with Gasteiger partial charge in [-0.3, -0.25) is 9.29 Å². The molecule has 1 saturated heterocycles. The fraction of sp³-hybridized carbons (Fsp3) is 0.571. The van der Waals surface area contributed by atoms with Gasteiger partial charge in [-0.2, -0.15) is 13.2 Å². The van der Waals surface area contributed by atoms with E-state index in [1.165, 1.54) is 0 Å². The number of benzene rings is 1. The van der Waals surface area contributed by atoms with E-state index in [1.54, 1.807) is 0 Å². The fourth-order valence-electron chi connectivity index (χ4n) is 2.61. The fourth-order valence-corrected chi connectivity index (χ4v) is 2.61. The van der Waals surface area contributed by atoms with Gasteiger partial charge in [0.25, 0.3) is 0 Å². The lowest BCUT2D eigenvalue weighted by Crippen LogP contribution is -2.45. The second kappa shape index (κ2) is 6.70.